The highest BCUT2D eigenvalue weighted by Crippen LogP contribution is 2.36. The van der Waals surface area contributed by atoms with Gasteiger partial charge in [0.1, 0.15) is 5.75 Å². The summed E-state index contributed by atoms with van der Waals surface area (Å²) >= 11 is 0. The average molecular weight is 344 g/mol. The summed E-state index contributed by atoms with van der Waals surface area (Å²) < 4.78 is 5.32. The largest absolute Gasteiger partial charge is 0.497 e. The fourth-order valence-electron chi connectivity index (χ4n) is 5.30. The summed E-state index contributed by atoms with van der Waals surface area (Å²) in [7, 11) is 4.00. The molecule has 1 N–H and O–H groups in total. The van der Waals surface area contributed by atoms with E-state index in [-0.39, 0.29) is 0 Å². The number of hydrogen-bond acceptors (Lipinski definition) is 4. The van der Waals surface area contributed by atoms with Crippen molar-refractivity contribution in [3.63, 3.8) is 0 Å². The third kappa shape index (κ3) is 3.71. The molecule has 3 aliphatic rings. The van der Waals surface area contributed by atoms with Crippen LogP contribution >= 0.6 is 0 Å². The van der Waals surface area contributed by atoms with Crippen LogP contribution < -0.4 is 10.1 Å². The van der Waals surface area contributed by atoms with Crippen LogP contribution in [-0.2, 0) is 0 Å². The molecule has 4 atom stereocenters. The Morgan fingerprint density at radius 3 is 2.72 bits per heavy atom. The van der Waals surface area contributed by atoms with Crippen LogP contribution in [0.5, 0.6) is 5.75 Å². The van der Waals surface area contributed by atoms with Crippen molar-refractivity contribution in [3.8, 4) is 5.75 Å². The number of fused-ring (bicyclic) bond motifs is 1. The predicted molar refractivity (Wildman–Crippen MR) is 102 cm³/mol. The molecule has 0 aromatic heterocycles. The number of benzene rings is 1. The van der Waals surface area contributed by atoms with E-state index < -0.39 is 0 Å². The summed E-state index contributed by atoms with van der Waals surface area (Å²) in [6, 6.07) is 10.8. The number of hydrogen-bond donors (Lipinski definition) is 1. The van der Waals surface area contributed by atoms with Crippen LogP contribution in [0.1, 0.15) is 43.7 Å². The Labute approximate surface area is 152 Å². The molecule has 0 saturated carbocycles. The maximum Gasteiger partial charge on any atom is 0.118 e. The molecule has 0 unspecified atom stereocenters. The van der Waals surface area contributed by atoms with Gasteiger partial charge in [-0.15, -0.1) is 0 Å². The van der Waals surface area contributed by atoms with Gasteiger partial charge in [-0.3, -0.25) is 4.90 Å². The van der Waals surface area contributed by atoms with Gasteiger partial charge >= 0.3 is 0 Å². The van der Waals surface area contributed by atoms with Crippen molar-refractivity contribution in [2.75, 3.05) is 40.3 Å². The highest BCUT2D eigenvalue weighted by molar-refractivity contribution is 5.30. The standard InChI is InChI=1S/C21H33N3O/c1-23-12-9-17(21(23)16-5-7-20(25-2)8-6-16)15-22-18-10-13-24-11-3-4-19(24)14-18/h5-8,17-19,21-22H,3-4,9-15H2,1-2H3/t17-,18+,19+,21+/m0/s1. The molecule has 0 radical (unpaired) electrons. The van der Waals surface area contributed by atoms with Gasteiger partial charge in [-0.25, -0.2) is 0 Å². The van der Waals surface area contributed by atoms with E-state index in [0.29, 0.717) is 12.0 Å². The van der Waals surface area contributed by atoms with Crippen LogP contribution in [0.2, 0.25) is 0 Å². The number of methoxy groups -OCH3 is 1. The predicted octanol–water partition coefficient (Wildman–Crippen LogP) is 2.90. The lowest BCUT2D eigenvalue weighted by Crippen LogP contribution is -2.47. The first-order chi connectivity index (χ1) is 12.2. The van der Waals surface area contributed by atoms with E-state index in [2.05, 4.69) is 46.4 Å². The summed E-state index contributed by atoms with van der Waals surface area (Å²) in [4.78, 5) is 5.23. The van der Waals surface area contributed by atoms with E-state index in [1.165, 1.54) is 57.3 Å². The summed E-state index contributed by atoms with van der Waals surface area (Å²) in [6.45, 7) is 4.99. The first kappa shape index (κ1) is 17.3. The number of rotatable bonds is 5. The van der Waals surface area contributed by atoms with E-state index in [1.807, 2.05) is 0 Å². The van der Waals surface area contributed by atoms with Crippen molar-refractivity contribution >= 4 is 0 Å². The average Bonchev–Trinajstić information content (AvgIpc) is 3.26. The quantitative estimate of drug-likeness (QED) is 0.890. The molecule has 3 fully saturated rings. The minimum Gasteiger partial charge on any atom is -0.497 e. The molecule has 4 heteroatoms. The normalized spacial score (nSPS) is 33.5. The summed E-state index contributed by atoms with van der Waals surface area (Å²) in [6.07, 6.45) is 6.80. The second-order valence-electron chi connectivity index (χ2n) is 8.21. The highest BCUT2D eigenvalue weighted by Gasteiger charge is 2.35. The van der Waals surface area contributed by atoms with Gasteiger partial charge in [0.25, 0.3) is 0 Å². The van der Waals surface area contributed by atoms with Gasteiger partial charge in [0.2, 0.25) is 0 Å². The molecule has 1 aromatic rings. The Balaban J connectivity index is 1.35. The summed E-state index contributed by atoms with van der Waals surface area (Å²) in [5.74, 6) is 1.66. The number of nitrogens with zero attached hydrogens (tertiary/aromatic N) is 2. The maximum atomic E-state index is 5.32. The lowest BCUT2D eigenvalue weighted by molar-refractivity contribution is 0.162. The van der Waals surface area contributed by atoms with Gasteiger partial charge in [-0.2, -0.15) is 0 Å². The Morgan fingerprint density at radius 2 is 1.92 bits per heavy atom. The second kappa shape index (κ2) is 7.65. The topological polar surface area (TPSA) is 27.7 Å². The number of nitrogens with one attached hydrogen (secondary N) is 1. The van der Waals surface area contributed by atoms with Gasteiger partial charge in [-0.1, -0.05) is 12.1 Å². The zero-order valence-corrected chi connectivity index (χ0v) is 15.8. The van der Waals surface area contributed by atoms with Gasteiger partial charge in [-0.05, 0) is 82.4 Å². The van der Waals surface area contributed by atoms with Crippen LogP contribution in [-0.4, -0.2) is 62.2 Å². The molecule has 4 rings (SSSR count). The van der Waals surface area contributed by atoms with Crippen LogP contribution in [0, 0.1) is 5.92 Å². The summed E-state index contributed by atoms with van der Waals surface area (Å²) in [5, 5.41) is 3.94. The Hall–Kier alpha value is -1.10. The number of ether oxygens (including phenoxy) is 1. The molecule has 1 aromatic carbocycles. The monoisotopic (exact) mass is 343 g/mol. The van der Waals surface area contributed by atoms with Gasteiger partial charge in [0.15, 0.2) is 0 Å². The molecule has 25 heavy (non-hydrogen) atoms. The van der Waals surface area contributed by atoms with Gasteiger partial charge in [0, 0.05) is 24.7 Å². The Bertz CT molecular complexity index is 561. The van der Waals surface area contributed by atoms with Gasteiger partial charge < -0.3 is 15.0 Å². The number of likely N-dealkylation sites (tertiary alicyclic amines) is 1. The Morgan fingerprint density at radius 1 is 1.08 bits per heavy atom. The molecule has 3 heterocycles. The van der Waals surface area contributed by atoms with Crippen molar-refractivity contribution in [1.82, 2.24) is 15.1 Å². The van der Waals surface area contributed by atoms with Crippen molar-refractivity contribution in [2.24, 2.45) is 5.92 Å². The molecule has 3 saturated heterocycles. The van der Waals surface area contributed by atoms with Crippen LogP contribution in [0.3, 0.4) is 0 Å². The number of piperidine rings is 1. The van der Waals surface area contributed by atoms with E-state index in [1.54, 1.807) is 7.11 Å². The molecular formula is C21H33N3O. The second-order valence-corrected chi connectivity index (χ2v) is 8.21. The van der Waals surface area contributed by atoms with E-state index >= 15 is 0 Å². The fourth-order valence-corrected chi connectivity index (χ4v) is 5.30. The third-order valence-corrected chi connectivity index (χ3v) is 6.72. The maximum absolute atomic E-state index is 5.32. The van der Waals surface area contributed by atoms with E-state index in [9.17, 15) is 0 Å². The molecule has 0 aliphatic carbocycles. The van der Waals surface area contributed by atoms with Crippen LogP contribution in [0.4, 0.5) is 0 Å². The van der Waals surface area contributed by atoms with Crippen molar-refractivity contribution in [2.45, 2.75) is 50.2 Å². The molecule has 0 spiro atoms. The van der Waals surface area contributed by atoms with Crippen LogP contribution in [0.15, 0.2) is 24.3 Å². The summed E-state index contributed by atoms with van der Waals surface area (Å²) in [5.41, 5.74) is 1.43. The first-order valence-electron chi connectivity index (χ1n) is 10.1. The molecular weight excluding hydrogens is 310 g/mol. The minimum atomic E-state index is 0.532. The van der Waals surface area contributed by atoms with E-state index in [4.69, 9.17) is 4.74 Å². The smallest absolute Gasteiger partial charge is 0.118 e. The zero-order valence-electron chi connectivity index (χ0n) is 15.8. The molecule has 0 amide bonds. The lowest BCUT2D eigenvalue weighted by Gasteiger charge is -2.36. The molecule has 138 valence electrons. The lowest BCUT2D eigenvalue weighted by atomic mass is 9.92. The van der Waals surface area contributed by atoms with Gasteiger partial charge in [0.05, 0.1) is 7.11 Å². The van der Waals surface area contributed by atoms with Crippen molar-refractivity contribution in [3.05, 3.63) is 29.8 Å². The minimum absolute atomic E-state index is 0.532. The molecule has 0 bridgehead atoms. The van der Waals surface area contributed by atoms with Crippen molar-refractivity contribution in [1.29, 1.82) is 0 Å². The SMILES string of the molecule is COc1ccc([C@@H]2[C@H](CN[C@@H]3CCN4CCC[C@@H]4C3)CCN2C)cc1. The highest BCUT2D eigenvalue weighted by atomic mass is 16.5. The fraction of sp³-hybridized carbons (Fsp3) is 0.714. The molecule has 4 nitrogen and oxygen atoms in total. The first-order valence-corrected chi connectivity index (χ1v) is 10.1. The zero-order chi connectivity index (χ0) is 17.2. The van der Waals surface area contributed by atoms with E-state index in [0.717, 1.165) is 24.4 Å². The van der Waals surface area contributed by atoms with Crippen LogP contribution in [0.25, 0.3) is 0 Å². The molecule has 3 aliphatic heterocycles. The Kier molecular flexibility index (Phi) is 5.30. The van der Waals surface area contributed by atoms with Crippen molar-refractivity contribution < 1.29 is 4.74 Å². The third-order valence-electron chi connectivity index (χ3n) is 6.72.